The number of fused-ring (bicyclic) bond motifs is 4. The van der Waals surface area contributed by atoms with Crippen molar-refractivity contribution in [3.63, 3.8) is 0 Å². The van der Waals surface area contributed by atoms with Crippen LogP contribution in [0.5, 0.6) is 0 Å². The molecule has 0 amide bonds. The average Bonchev–Trinajstić information content (AvgIpc) is 2.68. The number of nitrogens with zero attached hydrogens (tertiary/aromatic N) is 2. The molecule has 4 aromatic rings. The molecule has 0 aromatic heterocycles. The highest BCUT2D eigenvalue weighted by Gasteiger charge is 2.28. The minimum atomic E-state index is 1.18. The van der Waals surface area contributed by atoms with E-state index in [2.05, 4.69) is 108 Å². The normalized spacial score (nSPS) is 12.8. The molecule has 0 spiro atoms. The van der Waals surface area contributed by atoms with Crippen LogP contribution in [-0.2, 0) is 0 Å². The van der Waals surface area contributed by atoms with Gasteiger partial charge in [-0.25, -0.2) is 0 Å². The van der Waals surface area contributed by atoms with Crippen molar-refractivity contribution in [1.82, 2.24) is 0 Å². The van der Waals surface area contributed by atoms with Crippen LogP contribution >= 0.6 is 0 Å². The zero-order valence-electron chi connectivity index (χ0n) is 14.1. The van der Waals surface area contributed by atoms with Gasteiger partial charge in [-0.05, 0) is 35.7 Å². The Morgan fingerprint density at radius 3 is 2.08 bits per heavy atom. The molecule has 5 rings (SSSR count). The summed E-state index contributed by atoms with van der Waals surface area (Å²) < 4.78 is 0. The van der Waals surface area contributed by atoms with E-state index in [4.69, 9.17) is 0 Å². The molecule has 1 aliphatic rings. The minimum Gasteiger partial charge on any atom is -0.341 e. The molecule has 4 aromatic carbocycles. The zero-order valence-corrected chi connectivity index (χ0v) is 14.1. The van der Waals surface area contributed by atoms with E-state index in [0.717, 1.165) is 0 Å². The van der Waals surface area contributed by atoms with Gasteiger partial charge in [0.1, 0.15) is 0 Å². The second-order valence-corrected chi connectivity index (χ2v) is 6.37. The van der Waals surface area contributed by atoms with Gasteiger partial charge < -0.3 is 9.80 Å². The molecule has 0 unspecified atom stereocenters. The molecule has 25 heavy (non-hydrogen) atoms. The van der Waals surface area contributed by atoms with Crippen LogP contribution in [0, 0.1) is 0 Å². The average molecular weight is 322 g/mol. The maximum Gasteiger partial charge on any atom is 0.0733 e. The number of rotatable bonds is 1. The van der Waals surface area contributed by atoms with Crippen molar-refractivity contribution in [2.75, 3.05) is 16.8 Å². The van der Waals surface area contributed by atoms with Gasteiger partial charge in [-0.3, -0.25) is 0 Å². The molecule has 2 heteroatoms. The summed E-state index contributed by atoms with van der Waals surface area (Å²) in [5, 5.41) is 2.54. The maximum absolute atomic E-state index is 2.36. The Morgan fingerprint density at radius 2 is 1.24 bits per heavy atom. The third-order valence-electron chi connectivity index (χ3n) is 4.95. The molecule has 0 saturated heterocycles. The standard InChI is InChI=1S/C23H18N2/c1-24-20-13-7-8-14-21(20)25(18-10-3-2-4-11-18)22-16-15-17-9-5-6-12-19(17)23(22)24/h2-16H,1H3. The summed E-state index contributed by atoms with van der Waals surface area (Å²) in [5.41, 5.74) is 6.07. The van der Waals surface area contributed by atoms with Crippen molar-refractivity contribution in [1.29, 1.82) is 0 Å². The fourth-order valence-electron chi connectivity index (χ4n) is 3.82. The van der Waals surface area contributed by atoms with E-state index in [1.165, 1.54) is 39.2 Å². The molecule has 0 N–H and O–H groups in total. The maximum atomic E-state index is 2.36. The van der Waals surface area contributed by atoms with Gasteiger partial charge in [-0.15, -0.1) is 0 Å². The topological polar surface area (TPSA) is 6.48 Å². The Labute approximate surface area is 147 Å². The first-order valence-electron chi connectivity index (χ1n) is 8.54. The Kier molecular flexibility index (Phi) is 3.04. The molecule has 0 saturated carbocycles. The van der Waals surface area contributed by atoms with Crippen molar-refractivity contribution in [3.05, 3.63) is 91.0 Å². The summed E-state index contributed by atoms with van der Waals surface area (Å²) in [5.74, 6) is 0. The second kappa shape index (κ2) is 5.38. The number of hydrogen-bond donors (Lipinski definition) is 0. The number of hydrogen-bond acceptors (Lipinski definition) is 2. The van der Waals surface area contributed by atoms with Crippen molar-refractivity contribution in [2.45, 2.75) is 0 Å². The predicted octanol–water partition coefficient (Wildman–Crippen LogP) is 6.39. The lowest BCUT2D eigenvalue weighted by atomic mass is 10.0. The van der Waals surface area contributed by atoms with Crippen molar-refractivity contribution in [3.8, 4) is 0 Å². The fraction of sp³-hybridized carbons (Fsp3) is 0.0435. The van der Waals surface area contributed by atoms with E-state index < -0.39 is 0 Å². The SMILES string of the molecule is CN1c2ccccc2N(c2ccccc2)c2ccc3ccccc3c21. The summed E-state index contributed by atoms with van der Waals surface area (Å²) in [7, 11) is 2.16. The summed E-state index contributed by atoms with van der Waals surface area (Å²) in [6, 6.07) is 32.2. The molecule has 0 atom stereocenters. The van der Waals surface area contributed by atoms with Crippen LogP contribution in [0.3, 0.4) is 0 Å². The molecule has 0 fully saturated rings. The lowest BCUT2D eigenvalue weighted by Crippen LogP contribution is -2.24. The monoisotopic (exact) mass is 322 g/mol. The fourth-order valence-corrected chi connectivity index (χ4v) is 3.82. The van der Waals surface area contributed by atoms with Gasteiger partial charge in [-0.1, -0.05) is 60.7 Å². The summed E-state index contributed by atoms with van der Waals surface area (Å²) in [4.78, 5) is 4.67. The van der Waals surface area contributed by atoms with Crippen molar-refractivity contribution >= 4 is 39.2 Å². The number of anilines is 5. The van der Waals surface area contributed by atoms with Gasteiger partial charge >= 0.3 is 0 Å². The van der Waals surface area contributed by atoms with Gasteiger partial charge in [0.2, 0.25) is 0 Å². The van der Waals surface area contributed by atoms with Crippen LogP contribution in [0.4, 0.5) is 28.4 Å². The van der Waals surface area contributed by atoms with Gasteiger partial charge in [-0.2, -0.15) is 0 Å². The largest absolute Gasteiger partial charge is 0.341 e. The van der Waals surface area contributed by atoms with E-state index in [1.807, 2.05) is 0 Å². The van der Waals surface area contributed by atoms with E-state index >= 15 is 0 Å². The van der Waals surface area contributed by atoms with Crippen molar-refractivity contribution < 1.29 is 0 Å². The van der Waals surface area contributed by atoms with E-state index in [9.17, 15) is 0 Å². The molecule has 1 aliphatic heterocycles. The highest BCUT2D eigenvalue weighted by atomic mass is 15.3. The van der Waals surface area contributed by atoms with Crippen LogP contribution in [-0.4, -0.2) is 7.05 Å². The van der Waals surface area contributed by atoms with Gasteiger partial charge in [0.05, 0.1) is 22.7 Å². The number of para-hydroxylation sites is 3. The van der Waals surface area contributed by atoms with Crippen LogP contribution < -0.4 is 9.80 Å². The van der Waals surface area contributed by atoms with Crippen molar-refractivity contribution in [2.24, 2.45) is 0 Å². The molecular formula is C23H18N2. The molecule has 2 nitrogen and oxygen atoms in total. The van der Waals surface area contributed by atoms with Crippen LogP contribution in [0.25, 0.3) is 10.8 Å². The molecule has 0 bridgehead atoms. The number of benzene rings is 4. The summed E-state index contributed by atoms with van der Waals surface area (Å²) >= 11 is 0. The third-order valence-corrected chi connectivity index (χ3v) is 4.95. The van der Waals surface area contributed by atoms with E-state index in [-0.39, 0.29) is 0 Å². The summed E-state index contributed by atoms with van der Waals surface area (Å²) in [6.07, 6.45) is 0. The highest BCUT2D eigenvalue weighted by molar-refractivity contribution is 6.09. The second-order valence-electron chi connectivity index (χ2n) is 6.37. The van der Waals surface area contributed by atoms with Crippen LogP contribution in [0.1, 0.15) is 0 Å². The Bertz CT molecular complexity index is 1070. The lowest BCUT2D eigenvalue weighted by Gasteiger charge is -2.39. The molecule has 0 aliphatic carbocycles. The van der Waals surface area contributed by atoms with Gasteiger partial charge in [0, 0.05) is 18.1 Å². The Balaban J connectivity index is 1.88. The highest BCUT2D eigenvalue weighted by Crippen LogP contribution is 2.52. The third kappa shape index (κ3) is 2.04. The zero-order chi connectivity index (χ0) is 16.8. The smallest absolute Gasteiger partial charge is 0.0733 e. The minimum absolute atomic E-state index is 1.18. The quantitative estimate of drug-likeness (QED) is 0.400. The van der Waals surface area contributed by atoms with Crippen LogP contribution in [0.15, 0.2) is 91.0 Å². The molecular weight excluding hydrogens is 304 g/mol. The van der Waals surface area contributed by atoms with E-state index in [0.29, 0.717) is 0 Å². The van der Waals surface area contributed by atoms with E-state index in [1.54, 1.807) is 0 Å². The Morgan fingerprint density at radius 1 is 0.560 bits per heavy atom. The van der Waals surface area contributed by atoms with Gasteiger partial charge in [0.15, 0.2) is 0 Å². The molecule has 0 radical (unpaired) electrons. The molecule has 1 heterocycles. The predicted molar refractivity (Wildman–Crippen MR) is 107 cm³/mol. The first-order valence-corrected chi connectivity index (χ1v) is 8.54. The Hall–Kier alpha value is -3.26. The van der Waals surface area contributed by atoms with Gasteiger partial charge in [0.25, 0.3) is 0 Å². The summed E-state index contributed by atoms with van der Waals surface area (Å²) in [6.45, 7) is 0. The molecule has 120 valence electrons. The first kappa shape index (κ1) is 14.1. The van der Waals surface area contributed by atoms with Crippen LogP contribution in [0.2, 0.25) is 0 Å². The first-order chi connectivity index (χ1) is 12.3. The lowest BCUT2D eigenvalue weighted by molar-refractivity contribution is 1.14.